The van der Waals surface area contributed by atoms with Crippen LogP contribution in [-0.4, -0.2) is 48.8 Å². The lowest BCUT2D eigenvalue weighted by Gasteiger charge is -2.28. The number of ketones is 1. The number of alkyl halides is 1. The summed E-state index contributed by atoms with van der Waals surface area (Å²) in [4.78, 5) is 35.2. The van der Waals surface area contributed by atoms with Gasteiger partial charge in [-0.1, -0.05) is 39.0 Å². The first kappa shape index (κ1) is 25.1. The van der Waals surface area contributed by atoms with Gasteiger partial charge in [0.1, 0.15) is 5.78 Å². The quantitative estimate of drug-likeness (QED) is 0.281. The average Bonchev–Trinajstić information content (AvgIpc) is 3.35. The van der Waals surface area contributed by atoms with Crippen LogP contribution in [0.4, 0.5) is 0 Å². The molecule has 2 aliphatic rings. The molecule has 6 nitrogen and oxygen atoms in total. The largest absolute Gasteiger partial charge is 0.374 e. The minimum absolute atomic E-state index is 0.0486. The number of amides is 2. The lowest BCUT2D eigenvalue weighted by molar-refractivity contribution is -0.126. The fourth-order valence-corrected chi connectivity index (χ4v) is 4.91. The lowest BCUT2D eigenvalue weighted by Crippen LogP contribution is -2.42. The normalized spacial score (nSPS) is 24.7. The number of carbonyl (C=O) groups is 3. The van der Waals surface area contributed by atoms with Gasteiger partial charge in [0, 0.05) is 25.3 Å². The highest BCUT2D eigenvalue weighted by molar-refractivity contribution is 6.27. The SMILES string of the molecule is CCCCCC(=O)NCC(=O)NC[C@@H]1[C@H](CCCCCCC(=O)CCl)[C@@H]2CC[C@H]1O2. The summed E-state index contributed by atoms with van der Waals surface area (Å²) < 4.78 is 6.13. The van der Waals surface area contributed by atoms with Gasteiger partial charge in [-0.3, -0.25) is 14.4 Å². The van der Waals surface area contributed by atoms with Crippen molar-refractivity contribution in [1.29, 1.82) is 0 Å². The van der Waals surface area contributed by atoms with Crippen LogP contribution in [0, 0.1) is 11.8 Å². The average molecular weight is 443 g/mol. The molecule has 30 heavy (non-hydrogen) atoms. The molecule has 0 saturated carbocycles. The van der Waals surface area contributed by atoms with Crippen molar-refractivity contribution in [3.05, 3.63) is 0 Å². The zero-order valence-electron chi connectivity index (χ0n) is 18.4. The van der Waals surface area contributed by atoms with E-state index in [1.165, 1.54) is 0 Å². The molecule has 2 rings (SSSR count). The van der Waals surface area contributed by atoms with Crippen LogP contribution in [0.1, 0.15) is 84.0 Å². The first-order valence-electron chi connectivity index (χ1n) is 11.8. The molecule has 0 aromatic carbocycles. The van der Waals surface area contributed by atoms with Crippen molar-refractivity contribution in [3.8, 4) is 0 Å². The molecule has 2 bridgehead atoms. The maximum absolute atomic E-state index is 12.2. The van der Waals surface area contributed by atoms with Crippen molar-refractivity contribution in [1.82, 2.24) is 10.6 Å². The highest BCUT2D eigenvalue weighted by Gasteiger charge is 2.48. The van der Waals surface area contributed by atoms with Crippen LogP contribution < -0.4 is 10.6 Å². The summed E-state index contributed by atoms with van der Waals surface area (Å²) in [5.74, 6) is 0.948. The molecule has 0 aliphatic carbocycles. The van der Waals surface area contributed by atoms with E-state index in [-0.39, 0.29) is 36.1 Å². The van der Waals surface area contributed by atoms with Gasteiger partial charge in [-0.25, -0.2) is 0 Å². The summed E-state index contributed by atoms with van der Waals surface area (Å²) in [6.07, 6.45) is 12.2. The molecule has 172 valence electrons. The molecule has 2 fully saturated rings. The molecule has 0 radical (unpaired) electrons. The second kappa shape index (κ2) is 14.0. The van der Waals surface area contributed by atoms with Crippen LogP contribution in [0.15, 0.2) is 0 Å². The Bertz CT molecular complexity index is 557. The third-order valence-corrected chi connectivity index (χ3v) is 6.77. The number of carbonyl (C=O) groups excluding carboxylic acids is 3. The van der Waals surface area contributed by atoms with E-state index >= 15 is 0 Å². The van der Waals surface area contributed by atoms with Gasteiger partial charge in [0.05, 0.1) is 24.6 Å². The third-order valence-electron chi connectivity index (χ3n) is 6.47. The van der Waals surface area contributed by atoms with Crippen LogP contribution >= 0.6 is 11.6 Å². The summed E-state index contributed by atoms with van der Waals surface area (Å²) in [6.45, 7) is 2.78. The summed E-state index contributed by atoms with van der Waals surface area (Å²) in [6, 6.07) is 0. The molecule has 7 heteroatoms. The standard InChI is InChI=1S/C23H39ClN2O4/c1-2-3-6-11-22(28)26-16-23(29)25-15-19-18(20-12-13-21(19)30-20)10-8-5-4-7-9-17(27)14-24/h18-21H,2-16H2,1H3,(H,25,29)(H,26,28)/t18-,19+,20-,21+/m0/s1. The Morgan fingerprint density at radius 3 is 2.30 bits per heavy atom. The molecular weight excluding hydrogens is 404 g/mol. The van der Waals surface area contributed by atoms with E-state index in [1.54, 1.807) is 0 Å². The van der Waals surface area contributed by atoms with Gasteiger partial charge in [-0.05, 0) is 38.0 Å². The molecule has 2 saturated heterocycles. The summed E-state index contributed by atoms with van der Waals surface area (Å²) in [5, 5.41) is 5.72. The molecular formula is C23H39ClN2O4. The van der Waals surface area contributed by atoms with Gasteiger partial charge in [0.25, 0.3) is 0 Å². The minimum atomic E-state index is -0.121. The monoisotopic (exact) mass is 442 g/mol. The predicted octanol–water partition coefficient (Wildman–Crippen LogP) is 3.74. The fourth-order valence-electron chi connectivity index (χ4n) is 4.77. The van der Waals surface area contributed by atoms with Crippen molar-refractivity contribution in [2.24, 2.45) is 11.8 Å². The molecule has 0 aromatic heterocycles. The maximum atomic E-state index is 12.2. The zero-order chi connectivity index (χ0) is 21.8. The van der Waals surface area contributed by atoms with E-state index in [1.807, 2.05) is 0 Å². The number of rotatable bonds is 16. The van der Waals surface area contributed by atoms with Crippen LogP contribution in [0.5, 0.6) is 0 Å². The Morgan fingerprint density at radius 1 is 0.867 bits per heavy atom. The van der Waals surface area contributed by atoms with E-state index in [0.29, 0.717) is 37.3 Å². The number of unbranched alkanes of at least 4 members (excludes halogenated alkanes) is 5. The number of ether oxygens (including phenoxy) is 1. The zero-order valence-corrected chi connectivity index (χ0v) is 19.2. The molecule has 2 heterocycles. The molecule has 4 atom stereocenters. The molecule has 2 N–H and O–H groups in total. The third kappa shape index (κ3) is 8.54. The van der Waals surface area contributed by atoms with Crippen LogP contribution in [0.3, 0.4) is 0 Å². The predicted molar refractivity (Wildman–Crippen MR) is 118 cm³/mol. The second-order valence-electron chi connectivity index (χ2n) is 8.78. The van der Waals surface area contributed by atoms with Crippen molar-refractivity contribution in [2.75, 3.05) is 19.0 Å². The Labute approximate surface area is 186 Å². The van der Waals surface area contributed by atoms with Gasteiger partial charge in [-0.15, -0.1) is 11.6 Å². The number of hydrogen-bond donors (Lipinski definition) is 2. The second-order valence-corrected chi connectivity index (χ2v) is 9.05. The summed E-state index contributed by atoms with van der Waals surface area (Å²) >= 11 is 5.53. The Kier molecular flexibility index (Phi) is 11.7. The maximum Gasteiger partial charge on any atom is 0.239 e. The molecule has 0 unspecified atom stereocenters. The van der Waals surface area contributed by atoms with Crippen molar-refractivity contribution in [2.45, 2.75) is 96.2 Å². The smallest absolute Gasteiger partial charge is 0.239 e. The number of nitrogens with one attached hydrogen (secondary N) is 2. The van der Waals surface area contributed by atoms with Crippen LogP contribution in [0.25, 0.3) is 0 Å². The first-order chi connectivity index (χ1) is 14.5. The lowest BCUT2D eigenvalue weighted by atomic mass is 9.76. The number of hydrogen-bond acceptors (Lipinski definition) is 4. The Hall–Kier alpha value is -1.14. The molecule has 2 amide bonds. The van der Waals surface area contributed by atoms with Gasteiger partial charge in [0.15, 0.2) is 0 Å². The Morgan fingerprint density at radius 2 is 1.57 bits per heavy atom. The van der Waals surface area contributed by atoms with Gasteiger partial charge in [0.2, 0.25) is 11.8 Å². The summed E-state index contributed by atoms with van der Waals surface area (Å²) in [7, 11) is 0. The molecule has 0 aromatic rings. The minimum Gasteiger partial charge on any atom is -0.374 e. The van der Waals surface area contributed by atoms with Gasteiger partial charge < -0.3 is 15.4 Å². The topological polar surface area (TPSA) is 84.5 Å². The molecule has 0 spiro atoms. The Balaban J connectivity index is 1.63. The van der Waals surface area contributed by atoms with Gasteiger partial charge in [-0.2, -0.15) is 0 Å². The molecule has 2 aliphatic heterocycles. The highest BCUT2D eigenvalue weighted by atomic mass is 35.5. The van der Waals surface area contributed by atoms with Crippen molar-refractivity contribution in [3.63, 3.8) is 0 Å². The highest BCUT2D eigenvalue weighted by Crippen LogP contribution is 2.45. The van der Waals surface area contributed by atoms with Gasteiger partial charge >= 0.3 is 0 Å². The first-order valence-corrected chi connectivity index (χ1v) is 12.3. The van der Waals surface area contributed by atoms with E-state index in [9.17, 15) is 14.4 Å². The number of fused-ring (bicyclic) bond motifs is 2. The van der Waals surface area contributed by atoms with E-state index < -0.39 is 0 Å². The van der Waals surface area contributed by atoms with Crippen molar-refractivity contribution >= 4 is 29.2 Å². The van der Waals surface area contributed by atoms with Crippen LogP contribution in [0.2, 0.25) is 0 Å². The van der Waals surface area contributed by atoms with Crippen LogP contribution in [-0.2, 0) is 19.1 Å². The number of Topliss-reactive ketones (excluding diaryl/α,β-unsaturated/α-hetero) is 1. The number of halogens is 1. The van der Waals surface area contributed by atoms with E-state index in [0.717, 1.165) is 64.2 Å². The van der Waals surface area contributed by atoms with E-state index in [4.69, 9.17) is 16.3 Å². The summed E-state index contributed by atoms with van der Waals surface area (Å²) in [5.41, 5.74) is 0. The van der Waals surface area contributed by atoms with E-state index in [2.05, 4.69) is 17.6 Å². The van der Waals surface area contributed by atoms with Crippen molar-refractivity contribution < 1.29 is 19.1 Å². The fraction of sp³-hybridized carbons (Fsp3) is 0.870.